The van der Waals surface area contributed by atoms with E-state index in [2.05, 4.69) is 47.2 Å². The van der Waals surface area contributed by atoms with E-state index >= 15 is 0 Å². The molecule has 158 valence electrons. The van der Waals surface area contributed by atoms with Gasteiger partial charge in [-0.15, -0.1) is 0 Å². The zero-order valence-corrected chi connectivity index (χ0v) is 17.7. The van der Waals surface area contributed by atoms with Gasteiger partial charge >= 0.3 is 0 Å². The maximum absolute atomic E-state index is 12.7. The number of piperazine rings is 1. The molecular formula is C23H27N3O4. The topological polar surface area (TPSA) is 71.1 Å². The molecular weight excluding hydrogens is 382 g/mol. The van der Waals surface area contributed by atoms with Gasteiger partial charge in [-0.05, 0) is 44.0 Å². The normalized spacial score (nSPS) is 15.9. The molecule has 1 fully saturated rings. The lowest BCUT2D eigenvalue weighted by Crippen LogP contribution is -2.48. The lowest BCUT2D eigenvalue weighted by molar-refractivity contribution is -0.117. The van der Waals surface area contributed by atoms with Crippen molar-refractivity contribution in [3.05, 3.63) is 47.0 Å². The van der Waals surface area contributed by atoms with E-state index in [-0.39, 0.29) is 25.0 Å². The molecule has 30 heavy (non-hydrogen) atoms. The van der Waals surface area contributed by atoms with Crippen molar-refractivity contribution in [2.24, 2.45) is 0 Å². The molecule has 0 unspecified atom stereocenters. The fraction of sp³-hybridized carbons (Fsp3) is 0.391. The number of carbonyl (C=O) groups excluding carboxylic acids is 2. The second-order valence-corrected chi connectivity index (χ2v) is 7.84. The van der Waals surface area contributed by atoms with Gasteiger partial charge in [0.1, 0.15) is 0 Å². The van der Waals surface area contributed by atoms with Gasteiger partial charge in [-0.3, -0.25) is 14.5 Å². The number of rotatable bonds is 5. The lowest BCUT2D eigenvalue weighted by atomic mass is 10.1. The summed E-state index contributed by atoms with van der Waals surface area (Å²) < 4.78 is 10.7. The van der Waals surface area contributed by atoms with Gasteiger partial charge in [-0.1, -0.05) is 12.1 Å². The molecule has 4 rings (SSSR count). The van der Waals surface area contributed by atoms with Gasteiger partial charge in [0.15, 0.2) is 17.3 Å². The highest BCUT2D eigenvalue weighted by molar-refractivity contribution is 6.05. The predicted molar refractivity (Wildman–Crippen MR) is 116 cm³/mol. The molecule has 2 aromatic rings. The third-order valence-corrected chi connectivity index (χ3v) is 5.82. The first-order valence-corrected chi connectivity index (χ1v) is 10.2. The summed E-state index contributed by atoms with van der Waals surface area (Å²) in [6.07, 6.45) is 0. The van der Waals surface area contributed by atoms with Crippen molar-refractivity contribution in [1.82, 2.24) is 4.90 Å². The standard InChI is InChI=1S/C23H27N3O4/c1-15-5-4-6-20(16(15)2)26-9-7-25(8-10-26)13-23(28)24-19-12-22-21(29-14-30-22)11-18(19)17(3)27/h4-6,11-12H,7-10,13-14H2,1-3H3,(H,24,28). The highest BCUT2D eigenvalue weighted by Gasteiger charge is 2.23. The first-order chi connectivity index (χ1) is 14.4. The molecule has 0 spiro atoms. The van der Waals surface area contributed by atoms with Crippen molar-refractivity contribution in [2.75, 3.05) is 49.7 Å². The van der Waals surface area contributed by atoms with Crippen LogP contribution in [0.15, 0.2) is 30.3 Å². The molecule has 0 bridgehead atoms. The largest absolute Gasteiger partial charge is 0.454 e. The van der Waals surface area contributed by atoms with Gasteiger partial charge < -0.3 is 19.7 Å². The Morgan fingerprint density at radius 1 is 1.03 bits per heavy atom. The Balaban J connectivity index is 1.37. The summed E-state index contributed by atoms with van der Waals surface area (Å²) in [6.45, 7) is 9.53. The van der Waals surface area contributed by atoms with Crippen LogP contribution < -0.4 is 19.7 Å². The highest BCUT2D eigenvalue weighted by Crippen LogP contribution is 2.37. The molecule has 0 aromatic heterocycles. The summed E-state index contributed by atoms with van der Waals surface area (Å²) >= 11 is 0. The zero-order chi connectivity index (χ0) is 21.3. The van der Waals surface area contributed by atoms with Gasteiger partial charge in [0, 0.05) is 43.5 Å². The molecule has 0 saturated carbocycles. The number of benzene rings is 2. The molecule has 7 nitrogen and oxygen atoms in total. The summed E-state index contributed by atoms with van der Waals surface area (Å²) in [7, 11) is 0. The van der Waals surface area contributed by atoms with E-state index in [1.807, 2.05) is 0 Å². The van der Waals surface area contributed by atoms with E-state index in [0.717, 1.165) is 26.2 Å². The van der Waals surface area contributed by atoms with E-state index in [4.69, 9.17) is 9.47 Å². The number of anilines is 2. The first kappa shape index (κ1) is 20.2. The molecule has 0 atom stereocenters. The van der Waals surface area contributed by atoms with Crippen molar-refractivity contribution < 1.29 is 19.1 Å². The molecule has 1 amide bonds. The number of aryl methyl sites for hydroxylation is 1. The maximum Gasteiger partial charge on any atom is 0.238 e. The summed E-state index contributed by atoms with van der Waals surface area (Å²) in [5.74, 6) is 0.792. The first-order valence-electron chi connectivity index (χ1n) is 10.2. The van der Waals surface area contributed by atoms with E-state index in [9.17, 15) is 9.59 Å². The average Bonchev–Trinajstić information content (AvgIpc) is 3.17. The van der Waals surface area contributed by atoms with E-state index < -0.39 is 0 Å². The molecule has 0 radical (unpaired) electrons. The minimum atomic E-state index is -0.142. The van der Waals surface area contributed by atoms with Crippen molar-refractivity contribution in [3.63, 3.8) is 0 Å². The van der Waals surface area contributed by atoms with Crippen molar-refractivity contribution >= 4 is 23.1 Å². The van der Waals surface area contributed by atoms with E-state index in [1.165, 1.54) is 23.7 Å². The number of amides is 1. The number of hydrogen-bond acceptors (Lipinski definition) is 6. The van der Waals surface area contributed by atoms with Crippen molar-refractivity contribution in [2.45, 2.75) is 20.8 Å². The Kier molecular flexibility index (Phi) is 5.63. The Morgan fingerprint density at radius 3 is 2.43 bits per heavy atom. The van der Waals surface area contributed by atoms with Crippen molar-refractivity contribution in [1.29, 1.82) is 0 Å². The molecule has 2 aliphatic rings. The second-order valence-electron chi connectivity index (χ2n) is 7.84. The van der Waals surface area contributed by atoms with Crippen LogP contribution in [0.1, 0.15) is 28.4 Å². The van der Waals surface area contributed by atoms with Gasteiger partial charge in [0.05, 0.1) is 12.2 Å². The fourth-order valence-electron chi connectivity index (χ4n) is 3.95. The van der Waals surface area contributed by atoms with Crippen LogP contribution in [-0.2, 0) is 4.79 Å². The Bertz CT molecular complexity index is 981. The maximum atomic E-state index is 12.7. The minimum Gasteiger partial charge on any atom is -0.454 e. The average molecular weight is 409 g/mol. The monoisotopic (exact) mass is 409 g/mol. The predicted octanol–water partition coefficient (Wildman–Crippen LogP) is 3.00. The Hall–Kier alpha value is -3.06. The number of hydrogen-bond donors (Lipinski definition) is 1. The van der Waals surface area contributed by atoms with E-state index in [1.54, 1.807) is 12.1 Å². The number of fused-ring (bicyclic) bond motifs is 1. The molecule has 2 aromatic carbocycles. The number of ether oxygens (including phenoxy) is 2. The quantitative estimate of drug-likeness (QED) is 0.766. The van der Waals surface area contributed by atoms with Crippen LogP contribution in [0.3, 0.4) is 0 Å². The molecule has 7 heteroatoms. The van der Waals surface area contributed by atoms with Gasteiger partial charge in [-0.2, -0.15) is 0 Å². The number of Topliss-reactive ketones (excluding diaryl/α,β-unsaturated/α-hetero) is 1. The lowest BCUT2D eigenvalue weighted by Gasteiger charge is -2.36. The van der Waals surface area contributed by atoms with Crippen LogP contribution in [0, 0.1) is 13.8 Å². The minimum absolute atomic E-state index is 0.120. The van der Waals surface area contributed by atoms with Crippen LogP contribution in [0.2, 0.25) is 0 Å². The number of nitrogens with one attached hydrogen (secondary N) is 1. The molecule has 1 N–H and O–H groups in total. The highest BCUT2D eigenvalue weighted by atomic mass is 16.7. The summed E-state index contributed by atoms with van der Waals surface area (Å²) in [4.78, 5) is 29.2. The fourth-order valence-corrected chi connectivity index (χ4v) is 3.95. The van der Waals surface area contributed by atoms with Gasteiger partial charge in [0.2, 0.25) is 12.7 Å². The summed E-state index contributed by atoms with van der Waals surface area (Å²) in [6, 6.07) is 9.67. The van der Waals surface area contributed by atoms with Crippen LogP contribution in [0.4, 0.5) is 11.4 Å². The van der Waals surface area contributed by atoms with Gasteiger partial charge in [-0.25, -0.2) is 0 Å². The van der Waals surface area contributed by atoms with Crippen molar-refractivity contribution in [3.8, 4) is 11.5 Å². The number of carbonyl (C=O) groups is 2. The van der Waals surface area contributed by atoms with Crippen LogP contribution >= 0.6 is 0 Å². The smallest absolute Gasteiger partial charge is 0.238 e. The van der Waals surface area contributed by atoms with Gasteiger partial charge in [0.25, 0.3) is 0 Å². The van der Waals surface area contributed by atoms with Crippen LogP contribution in [-0.4, -0.2) is 56.1 Å². The molecule has 1 saturated heterocycles. The molecule has 0 aliphatic carbocycles. The number of ketones is 1. The SMILES string of the molecule is CC(=O)c1cc2c(cc1NC(=O)CN1CCN(c3cccc(C)c3C)CC1)OCO2. The third-order valence-electron chi connectivity index (χ3n) is 5.82. The van der Waals surface area contributed by atoms with E-state index in [0.29, 0.717) is 22.7 Å². The molecule has 2 heterocycles. The second kappa shape index (κ2) is 8.36. The summed E-state index contributed by atoms with van der Waals surface area (Å²) in [5, 5.41) is 2.88. The van der Waals surface area contributed by atoms with Crippen LogP contribution in [0.5, 0.6) is 11.5 Å². The Labute approximate surface area is 176 Å². The Morgan fingerprint density at radius 2 is 1.73 bits per heavy atom. The zero-order valence-electron chi connectivity index (χ0n) is 17.7. The van der Waals surface area contributed by atoms with Crippen LogP contribution in [0.25, 0.3) is 0 Å². The third kappa shape index (κ3) is 4.11. The summed E-state index contributed by atoms with van der Waals surface area (Å²) in [5.41, 5.74) is 4.76. The molecule has 2 aliphatic heterocycles. The number of nitrogens with zero attached hydrogens (tertiary/aromatic N) is 2.